The molecule has 5 heteroatoms. The first-order valence-electron chi connectivity index (χ1n) is 3.55. The average molecular weight is 266 g/mol. The van der Waals surface area contributed by atoms with Gasteiger partial charge in [0.25, 0.3) is 0 Å². The molecule has 0 heterocycles. The summed E-state index contributed by atoms with van der Waals surface area (Å²) in [4.78, 5) is 0. The van der Waals surface area contributed by atoms with E-state index in [1.54, 1.807) is 0 Å². The van der Waals surface area contributed by atoms with Crippen LogP contribution >= 0.6 is 15.9 Å². The molecule has 0 unspecified atom stereocenters. The molecule has 1 rings (SSSR count). The minimum Gasteiger partial charge on any atom is -0.231 e. The molecule has 13 heavy (non-hydrogen) atoms. The number of rotatable bonds is 0. The van der Waals surface area contributed by atoms with Crippen LogP contribution in [-0.2, 0) is 10.9 Å². The van der Waals surface area contributed by atoms with Crippen LogP contribution in [-0.4, -0.2) is 8.42 Å². The van der Waals surface area contributed by atoms with Crippen molar-refractivity contribution in [2.75, 3.05) is 0 Å². The van der Waals surface area contributed by atoms with Gasteiger partial charge in [-0.15, -0.1) is 0 Å². The van der Waals surface area contributed by atoms with Crippen LogP contribution in [0.15, 0.2) is 22.7 Å². The molecule has 0 amide bonds. The largest absolute Gasteiger partial charge is 0.231 e. The van der Waals surface area contributed by atoms with E-state index in [1.807, 2.05) is 0 Å². The van der Waals surface area contributed by atoms with Crippen molar-refractivity contribution in [2.24, 2.45) is 5.14 Å². The summed E-state index contributed by atoms with van der Waals surface area (Å²) in [6.07, 6.45) is 0. The summed E-state index contributed by atoms with van der Waals surface area (Å²) in [6.45, 7) is 4.22. The first kappa shape index (κ1) is 12.6. The van der Waals surface area contributed by atoms with Gasteiger partial charge in [0.15, 0.2) is 10.9 Å². The second kappa shape index (κ2) is 6.12. The van der Waals surface area contributed by atoms with E-state index in [2.05, 4.69) is 53.1 Å². The maximum atomic E-state index is 8.81. The highest BCUT2D eigenvalue weighted by Gasteiger charge is 1.90. The molecular weight excluding hydrogens is 254 g/mol. The Labute approximate surface area is 88.2 Å². The molecule has 0 fully saturated rings. The fourth-order valence-corrected chi connectivity index (χ4v) is 1.18. The normalized spacial score (nSPS) is 9.31. The van der Waals surface area contributed by atoms with Crippen molar-refractivity contribution in [3.63, 3.8) is 0 Å². The van der Waals surface area contributed by atoms with Gasteiger partial charge in [-0.3, -0.25) is 0 Å². The fraction of sp³-hybridized carbons (Fsp3) is 0.250. The van der Waals surface area contributed by atoms with Crippen LogP contribution in [0.3, 0.4) is 0 Å². The Kier molecular flexibility index (Phi) is 5.94. The van der Waals surface area contributed by atoms with Crippen molar-refractivity contribution in [3.8, 4) is 0 Å². The Balaban J connectivity index is 0.000000310. The van der Waals surface area contributed by atoms with Crippen LogP contribution in [0.2, 0.25) is 0 Å². The highest BCUT2D eigenvalue weighted by Crippen LogP contribution is 2.14. The minimum atomic E-state index is -2.62. The van der Waals surface area contributed by atoms with Gasteiger partial charge in [-0.2, -0.15) is 0 Å². The summed E-state index contributed by atoms with van der Waals surface area (Å²) >= 11 is 3.40. The predicted molar refractivity (Wildman–Crippen MR) is 58.1 cm³/mol. The molecule has 0 saturated carbocycles. The predicted octanol–water partition coefficient (Wildman–Crippen LogP) is 1.54. The zero-order valence-electron chi connectivity index (χ0n) is 7.45. The summed E-state index contributed by atoms with van der Waals surface area (Å²) in [5, 5.41) is 4.06. The molecule has 2 N–H and O–H groups in total. The number of hydrogen-bond acceptors (Lipinski definition) is 2. The Morgan fingerprint density at radius 3 is 2.00 bits per heavy atom. The lowest BCUT2D eigenvalue weighted by Crippen LogP contribution is -1.85. The molecule has 0 atom stereocenters. The van der Waals surface area contributed by atoms with Crippen molar-refractivity contribution in [1.29, 1.82) is 0 Å². The topological polar surface area (TPSA) is 60.2 Å². The highest BCUT2D eigenvalue weighted by molar-refractivity contribution is 9.10. The molecule has 74 valence electrons. The van der Waals surface area contributed by atoms with Gasteiger partial charge in [-0.05, 0) is 37.1 Å². The van der Waals surface area contributed by atoms with E-state index in [-0.39, 0.29) is 0 Å². The first-order valence-corrected chi connectivity index (χ1v) is 5.59. The molecule has 0 aliphatic carbocycles. The summed E-state index contributed by atoms with van der Waals surface area (Å²) in [7, 11) is -2.62. The maximum absolute atomic E-state index is 8.81. The number of nitrogens with two attached hydrogens (primary N) is 1. The van der Waals surface area contributed by atoms with E-state index in [0.29, 0.717) is 0 Å². The Hall–Kier alpha value is -0.390. The van der Waals surface area contributed by atoms with Crippen molar-refractivity contribution in [1.82, 2.24) is 0 Å². The van der Waals surface area contributed by atoms with E-state index >= 15 is 0 Å². The number of halogens is 1. The van der Waals surface area contributed by atoms with Gasteiger partial charge in [0.2, 0.25) is 0 Å². The van der Waals surface area contributed by atoms with Gasteiger partial charge in [0, 0.05) is 4.47 Å². The standard InChI is InChI=1S/C8H9Br.H3NO2S/c1-6-3-4-8(9)5-7(6)2;1-4(2)3/h3-5H,1-2H3;4H,(H2,1,2,3). The van der Waals surface area contributed by atoms with Crippen molar-refractivity contribution in [3.05, 3.63) is 33.8 Å². The van der Waals surface area contributed by atoms with Crippen molar-refractivity contribution in [2.45, 2.75) is 13.8 Å². The van der Waals surface area contributed by atoms with E-state index in [4.69, 9.17) is 8.42 Å². The Bertz CT molecular complexity index is 342. The maximum Gasteiger partial charge on any atom is 0.198 e. The molecule has 1 aromatic rings. The summed E-state index contributed by atoms with van der Waals surface area (Å²) in [5.74, 6) is 0. The lowest BCUT2D eigenvalue weighted by molar-refractivity contribution is 0.616. The molecular formula is C8H12BrNO2S. The molecule has 0 saturated heterocycles. The summed E-state index contributed by atoms with van der Waals surface area (Å²) in [5.41, 5.74) is 2.68. The quantitative estimate of drug-likeness (QED) is 0.700. The number of benzene rings is 1. The number of aryl methyl sites for hydroxylation is 2. The van der Waals surface area contributed by atoms with Gasteiger partial charge < -0.3 is 0 Å². The molecule has 0 spiro atoms. The van der Waals surface area contributed by atoms with Crippen LogP contribution in [0.1, 0.15) is 11.1 Å². The van der Waals surface area contributed by atoms with Gasteiger partial charge in [0.05, 0.1) is 0 Å². The lowest BCUT2D eigenvalue weighted by Gasteiger charge is -1.97. The zero-order chi connectivity index (χ0) is 10.4. The van der Waals surface area contributed by atoms with Crippen molar-refractivity contribution >= 4 is 26.8 Å². The van der Waals surface area contributed by atoms with E-state index < -0.39 is 10.9 Å². The number of thiol groups is 1. The SMILES string of the molecule is Cc1ccc(Br)cc1C.N[SH](=O)=O. The fourth-order valence-electron chi connectivity index (χ4n) is 0.705. The molecule has 3 nitrogen and oxygen atoms in total. The third kappa shape index (κ3) is 6.74. The summed E-state index contributed by atoms with van der Waals surface area (Å²) < 4.78 is 18.8. The van der Waals surface area contributed by atoms with Gasteiger partial charge in [-0.25, -0.2) is 13.6 Å². The average Bonchev–Trinajstić information content (AvgIpc) is 1.96. The van der Waals surface area contributed by atoms with Crippen molar-refractivity contribution < 1.29 is 8.42 Å². The Morgan fingerprint density at radius 1 is 1.23 bits per heavy atom. The van der Waals surface area contributed by atoms with Gasteiger partial charge >= 0.3 is 0 Å². The zero-order valence-corrected chi connectivity index (χ0v) is 9.93. The molecule has 0 aliphatic heterocycles. The first-order chi connectivity index (χ1) is 5.93. The van der Waals surface area contributed by atoms with E-state index in [0.717, 1.165) is 4.47 Å². The van der Waals surface area contributed by atoms with E-state index in [9.17, 15) is 0 Å². The molecule has 0 aliphatic rings. The minimum absolute atomic E-state index is 1.16. The summed E-state index contributed by atoms with van der Waals surface area (Å²) in [6, 6.07) is 6.29. The Morgan fingerprint density at radius 2 is 1.69 bits per heavy atom. The lowest BCUT2D eigenvalue weighted by atomic mass is 10.1. The van der Waals surface area contributed by atoms with Crippen LogP contribution in [0.25, 0.3) is 0 Å². The molecule has 1 aromatic carbocycles. The second-order valence-electron chi connectivity index (χ2n) is 2.51. The third-order valence-corrected chi connectivity index (χ3v) is 1.96. The van der Waals surface area contributed by atoms with Gasteiger partial charge in [0.1, 0.15) is 0 Å². The van der Waals surface area contributed by atoms with Gasteiger partial charge in [-0.1, -0.05) is 22.0 Å². The highest BCUT2D eigenvalue weighted by atomic mass is 79.9. The molecule has 0 radical (unpaired) electrons. The monoisotopic (exact) mass is 265 g/mol. The molecule has 0 bridgehead atoms. The van der Waals surface area contributed by atoms with E-state index in [1.165, 1.54) is 11.1 Å². The number of hydrogen-bond donors (Lipinski definition) is 2. The smallest absolute Gasteiger partial charge is 0.198 e. The van der Waals surface area contributed by atoms with Crippen LogP contribution in [0.5, 0.6) is 0 Å². The molecule has 0 aromatic heterocycles. The second-order valence-corrected chi connectivity index (χ2v) is 4.00. The van der Waals surface area contributed by atoms with Crippen LogP contribution < -0.4 is 5.14 Å². The van der Waals surface area contributed by atoms with Crippen LogP contribution in [0.4, 0.5) is 0 Å². The van der Waals surface area contributed by atoms with Crippen LogP contribution in [0, 0.1) is 13.8 Å². The third-order valence-electron chi connectivity index (χ3n) is 1.47.